The van der Waals surface area contributed by atoms with Gasteiger partial charge >= 0.3 is 6.18 Å². The van der Waals surface area contributed by atoms with Gasteiger partial charge in [0.2, 0.25) is 5.88 Å². The third-order valence-corrected chi connectivity index (χ3v) is 4.56. The first kappa shape index (κ1) is 19.0. The maximum Gasteiger partial charge on any atom is 0.416 e. The number of anilines is 1. The molecule has 0 atom stereocenters. The highest BCUT2D eigenvalue weighted by molar-refractivity contribution is 6.02. The second-order valence-electron chi connectivity index (χ2n) is 6.84. The molecule has 1 amide bonds. The van der Waals surface area contributed by atoms with Crippen molar-refractivity contribution in [2.45, 2.75) is 24.9 Å². The fourth-order valence-corrected chi connectivity index (χ4v) is 2.91. The van der Waals surface area contributed by atoms with E-state index in [0.717, 1.165) is 12.1 Å². The number of halogens is 3. The molecular weight excluding hydrogens is 381 g/mol. The largest absolute Gasteiger partial charge is 0.439 e. The van der Waals surface area contributed by atoms with E-state index in [1.807, 2.05) is 24.3 Å². The van der Waals surface area contributed by atoms with Crippen molar-refractivity contribution in [1.82, 2.24) is 4.98 Å². The van der Waals surface area contributed by atoms with Gasteiger partial charge in [-0.25, -0.2) is 4.98 Å². The lowest BCUT2D eigenvalue weighted by atomic mass is 10.1. The summed E-state index contributed by atoms with van der Waals surface area (Å²) in [5.41, 5.74) is 1.18. The number of hydrogen-bond acceptors (Lipinski definition) is 3. The lowest BCUT2D eigenvalue weighted by molar-refractivity contribution is -0.137. The molecule has 7 heteroatoms. The number of nitrogens with one attached hydrogen (secondary N) is 1. The highest BCUT2D eigenvalue weighted by atomic mass is 19.4. The zero-order chi connectivity index (χ0) is 20.4. The number of aromatic nitrogens is 1. The van der Waals surface area contributed by atoms with E-state index in [1.54, 1.807) is 6.07 Å². The van der Waals surface area contributed by atoms with Crippen molar-refractivity contribution in [2.24, 2.45) is 0 Å². The Morgan fingerprint density at radius 1 is 1.00 bits per heavy atom. The number of pyridine rings is 1. The molecule has 29 heavy (non-hydrogen) atoms. The molecule has 4 rings (SSSR count). The number of carbonyl (C=O) groups is 1. The van der Waals surface area contributed by atoms with Gasteiger partial charge in [0.15, 0.2) is 0 Å². The van der Waals surface area contributed by atoms with E-state index >= 15 is 0 Å². The summed E-state index contributed by atoms with van der Waals surface area (Å²) in [6.07, 6.45) is -2.06. The molecule has 1 N–H and O–H groups in total. The topological polar surface area (TPSA) is 51.2 Å². The van der Waals surface area contributed by atoms with Crippen LogP contribution in [0.3, 0.4) is 0 Å². The summed E-state index contributed by atoms with van der Waals surface area (Å²) in [4.78, 5) is 16.6. The van der Waals surface area contributed by atoms with Gasteiger partial charge in [-0.05, 0) is 60.7 Å². The second kappa shape index (κ2) is 7.58. The van der Waals surface area contributed by atoms with Crippen LogP contribution >= 0.6 is 0 Å². The van der Waals surface area contributed by atoms with Crippen molar-refractivity contribution < 1.29 is 22.7 Å². The van der Waals surface area contributed by atoms with E-state index in [4.69, 9.17) is 4.74 Å². The lowest BCUT2D eigenvalue weighted by Crippen LogP contribution is -2.13. The summed E-state index contributed by atoms with van der Waals surface area (Å²) in [5.74, 6) is 0.214. The fraction of sp³-hybridized carbons (Fsp3) is 0.182. The molecule has 148 valence electrons. The Bertz CT molecular complexity index is 1030. The monoisotopic (exact) mass is 398 g/mol. The van der Waals surface area contributed by atoms with Crippen molar-refractivity contribution in [3.05, 3.63) is 83.6 Å². The molecule has 0 unspecified atom stereocenters. The molecule has 0 aliphatic heterocycles. The van der Waals surface area contributed by atoms with Gasteiger partial charge in [-0.1, -0.05) is 24.3 Å². The molecule has 0 bridgehead atoms. The highest BCUT2D eigenvalue weighted by Gasteiger charge is 2.30. The van der Waals surface area contributed by atoms with Crippen LogP contribution in [0.25, 0.3) is 0 Å². The van der Waals surface area contributed by atoms with Crippen LogP contribution in [0.4, 0.5) is 18.9 Å². The molecule has 1 heterocycles. The molecule has 0 radical (unpaired) electrons. The molecule has 1 aliphatic carbocycles. The number of rotatable bonds is 5. The van der Waals surface area contributed by atoms with Gasteiger partial charge in [0.25, 0.3) is 5.91 Å². The molecule has 3 aromatic rings. The van der Waals surface area contributed by atoms with E-state index in [-0.39, 0.29) is 17.3 Å². The molecule has 1 aromatic heterocycles. The van der Waals surface area contributed by atoms with E-state index in [1.165, 1.54) is 42.7 Å². The second-order valence-corrected chi connectivity index (χ2v) is 6.84. The van der Waals surface area contributed by atoms with Gasteiger partial charge in [0, 0.05) is 11.8 Å². The summed E-state index contributed by atoms with van der Waals surface area (Å²) in [6.45, 7) is 0. The van der Waals surface area contributed by atoms with Gasteiger partial charge in [-0.3, -0.25) is 4.79 Å². The van der Waals surface area contributed by atoms with Gasteiger partial charge in [0.1, 0.15) is 11.4 Å². The normalized spacial score (nSPS) is 13.8. The number of nitrogens with zero attached hydrogens (tertiary/aromatic N) is 1. The third-order valence-electron chi connectivity index (χ3n) is 4.56. The summed E-state index contributed by atoms with van der Waals surface area (Å²) in [5, 5.41) is 2.76. The maximum atomic E-state index is 12.8. The number of benzene rings is 2. The lowest BCUT2D eigenvalue weighted by Gasteiger charge is -2.10. The number of carbonyl (C=O) groups excluding carboxylic acids is 1. The van der Waals surface area contributed by atoms with Crippen molar-refractivity contribution in [3.8, 4) is 11.6 Å². The van der Waals surface area contributed by atoms with Gasteiger partial charge in [0.05, 0.1) is 5.56 Å². The van der Waals surface area contributed by atoms with E-state index in [0.29, 0.717) is 11.6 Å². The molecule has 1 fully saturated rings. The van der Waals surface area contributed by atoms with Crippen LogP contribution in [0.2, 0.25) is 0 Å². The minimum atomic E-state index is -4.47. The minimum absolute atomic E-state index is 0.0134. The first-order valence-corrected chi connectivity index (χ1v) is 9.12. The Hall–Kier alpha value is -3.35. The van der Waals surface area contributed by atoms with Crippen LogP contribution in [-0.2, 0) is 6.18 Å². The van der Waals surface area contributed by atoms with E-state index in [2.05, 4.69) is 10.3 Å². The molecule has 1 aliphatic rings. The van der Waals surface area contributed by atoms with Gasteiger partial charge < -0.3 is 10.1 Å². The summed E-state index contributed by atoms with van der Waals surface area (Å²) < 4.78 is 43.9. The first-order valence-electron chi connectivity index (χ1n) is 9.12. The van der Waals surface area contributed by atoms with Crippen LogP contribution < -0.4 is 10.1 Å². The molecular formula is C22H17F3N2O2. The van der Waals surface area contributed by atoms with Crippen LogP contribution in [0, 0.1) is 0 Å². The van der Waals surface area contributed by atoms with Crippen molar-refractivity contribution >= 4 is 11.6 Å². The molecule has 1 saturated carbocycles. The smallest absolute Gasteiger partial charge is 0.416 e. The first-order chi connectivity index (χ1) is 13.9. The van der Waals surface area contributed by atoms with Crippen molar-refractivity contribution in [2.75, 3.05) is 5.32 Å². The van der Waals surface area contributed by atoms with Crippen molar-refractivity contribution in [3.63, 3.8) is 0 Å². The summed E-state index contributed by atoms with van der Waals surface area (Å²) in [6, 6.07) is 16.7. The number of hydrogen-bond donors (Lipinski definition) is 1. The van der Waals surface area contributed by atoms with Crippen molar-refractivity contribution in [1.29, 1.82) is 0 Å². The average Bonchev–Trinajstić information content (AvgIpc) is 3.54. The van der Waals surface area contributed by atoms with Crippen LogP contribution in [-0.4, -0.2) is 10.9 Å². The number of amides is 1. The Balaban J connectivity index is 1.46. The molecule has 0 saturated heterocycles. The van der Waals surface area contributed by atoms with Gasteiger partial charge in [-0.15, -0.1) is 0 Å². The standard InChI is InChI=1S/C22H17F3N2O2/c23-22(24,25)16-3-1-4-18(13-16)29-20-6-2-5-19(27-20)21(28)26-17-11-9-15(10-12-17)14-7-8-14/h1-6,9-14H,7-8H2,(H,26,28). The van der Waals surface area contributed by atoms with E-state index < -0.39 is 17.6 Å². The zero-order valence-corrected chi connectivity index (χ0v) is 15.2. The number of ether oxygens (including phenoxy) is 1. The number of alkyl halides is 3. The predicted octanol–water partition coefficient (Wildman–Crippen LogP) is 6.02. The summed E-state index contributed by atoms with van der Waals surface area (Å²) >= 11 is 0. The Morgan fingerprint density at radius 2 is 1.72 bits per heavy atom. The maximum absolute atomic E-state index is 12.8. The molecule has 2 aromatic carbocycles. The fourth-order valence-electron chi connectivity index (χ4n) is 2.91. The Kier molecular flexibility index (Phi) is 4.96. The summed E-state index contributed by atoms with van der Waals surface area (Å²) in [7, 11) is 0. The highest BCUT2D eigenvalue weighted by Crippen LogP contribution is 2.40. The predicted molar refractivity (Wildman–Crippen MR) is 102 cm³/mol. The quantitative estimate of drug-likeness (QED) is 0.572. The molecule has 0 spiro atoms. The van der Waals surface area contributed by atoms with Gasteiger partial charge in [-0.2, -0.15) is 13.2 Å². The van der Waals surface area contributed by atoms with Crippen LogP contribution in [0.5, 0.6) is 11.6 Å². The van der Waals surface area contributed by atoms with Crippen LogP contribution in [0.1, 0.15) is 40.4 Å². The SMILES string of the molecule is O=C(Nc1ccc(C2CC2)cc1)c1cccc(Oc2cccc(C(F)(F)F)c2)n1. The van der Waals surface area contributed by atoms with E-state index in [9.17, 15) is 18.0 Å². The average molecular weight is 398 g/mol. The Morgan fingerprint density at radius 3 is 2.41 bits per heavy atom. The van der Waals surface area contributed by atoms with Crippen LogP contribution in [0.15, 0.2) is 66.7 Å². The zero-order valence-electron chi connectivity index (χ0n) is 15.2. The minimum Gasteiger partial charge on any atom is -0.439 e. The third kappa shape index (κ3) is 4.74. The Labute approximate surface area is 165 Å². The molecule has 4 nitrogen and oxygen atoms in total.